The van der Waals surface area contributed by atoms with Crippen LogP contribution in [0.3, 0.4) is 0 Å². The molecule has 0 aromatic heterocycles. The van der Waals surface area contributed by atoms with Crippen molar-refractivity contribution in [1.29, 1.82) is 0 Å². The van der Waals surface area contributed by atoms with Crippen molar-refractivity contribution in [3.8, 4) is 0 Å². The van der Waals surface area contributed by atoms with Crippen LogP contribution in [0.2, 0.25) is 0 Å². The fourth-order valence-corrected chi connectivity index (χ4v) is 2.29. The summed E-state index contributed by atoms with van der Waals surface area (Å²) in [5.74, 6) is 1.01. The Bertz CT molecular complexity index is 341. The maximum absolute atomic E-state index is 12.0. The number of ether oxygens (including phenoxy) is 1. The Morgan fingerprint density at radius 3 is 2.44 bits per heavy atom. The summed E-state index contributed by atoms with van der Waals surface area (Å²) in [7, 11) is 0. The summed E-state index contributed by atoms with van der Waals surface area (Å²) in [5, 5.41) is 0. The molecule has 0 spiro atoms. The van der Waals surface area contributed by atoms with Crippen molar-refractivity contribution in [3.63, 3.8) is 0 Å². The van der Waals surface area contributed by atoms with Crippen LogP contribution in [0.15, 0.2) is 0 Å². The fourth-order valence-electron chi connectivity index (χ4n) is 2.29. The van der Waals surface area contributed by atoms with Crippen LogP contribution in [0.5, 0.6) is 0 Å². The zero-order chi connectivity index (χ0) is 13.3. The van der Waals surface area contributed by atoms with Gasteiger partial charge in [0.15, 0.2) is 0 Å². The Morgan fingerprint density at radius 2 is 1.89 bits per heavy atom. The number of carbonyl (C=O) groups is 2. The van der Waals surface area contributed by atoms with Crippen LogP contribution >= 0.6 is 0 Å². The van der Waals surface area contributed by atoms with Gasteiger partial charge in [-0.3, -0.25) is 4.79 Å². The average Bonchev–Trinajstić information content (AvgIpc) is 2.91. The van der Waals surface area contributed by atoms with E-state index in [-0.39, 0.29) is 12.0 Å². The molecule has 0 bridgehead atoms. The molecule has 1 saturated heterocycles. The maximum atomic E-state index is 12.0. The Labute approximate surface area is 109 Å². The third-order valence-corrected chi connectivity index (χ3v) is 3.48. The third-order valence-electron chi connectivity index (χ3n) is 3.48. The summed E-state index contributed by atoms with van der Waals surface area (Å²) in [6, 6.07) is 0. The molecular weight excluding hydrogens is 230 g/mol. The van der Waals surface area contributed by atoms with E-state index in [0.717, 1.165) is 6.42 Å². The second-order valence-corrected chi connectivity index (χ2v) is 6.53. The molecule has 2 aliphatic rings. The zero-order valence-corrected chi connectivity index (χ0v) is 11.6. The molecule has 2 fully saturated rings. The van der Waals surface area contributed by atoms with Crippen LogP contribution in [0.4, 0.5) is 4.79 Å². The quantitative estimate of drug-likeness (QED) is 0.776. The summed E-state index contributed by atoms with van der Waals surface area (Å²) in [6.45, 7) is 6.76. The normalized spacial score (nSPS) is 24.2. The van der Waals surface area contributed by atoms with E-state index in [1.165, 1.54) is 12.8 Å². The molecule has 4 nitrogen and oxygen atoms in total. The first-order valence-electron chi connectivity index (χ1n) is 6.86. The van der Waals surface area contributed by atoms with Gasteiger partial charge in [-0.2, -0.15) is 0 Å². The van der Waals surface area contributed by atoms with Crippen molar-refractivity contribution in [2.75, 3.05) is 13.1 Å². The summed E-state index contributed by atoms with van der Waals surface area (Å²) in [4.78, 5) is 25.5. The van der Waals surface area contributed by atoms with Crippen molar-refractivity contribution in [2.45, 2.75) is 52.1 Å². The Kier molecular flexibility index (Phi) is 3.64. The lowest BCUT2D eigenvalue weighted by Gasteiger charge is -2.24. The number of amides is 1. The van der Waals surface area contributed by atoms with E-state index in [4.69, 9.17) is 4.74 Å². The third kappa shape index (κ3) is 3.72. The second-order valence-electron chi connectivity index (χ2n) is 6.53. The van der Waals surface area contributed by atoms with Gasteiger partial charge in [-0.05, 0) is 46.0 Å². The lowest BCUT2D eigenvalue weighted by molar-refractivity contribution is -0.122. The SMILES string of the molecule is CC(C)(C)OC(=O)N1CCC(C(=O)CC2CC2)C1. The van der Waals surface area contributed by atoms with Gasteiger partial charge >= 0.3 is 6.09 Å². The molecule has 0 aromatic carbocycles. The second kappa shape index (κ2) is 4.90. The van der Waals surface area contributed by atoms with Gasteiger partial charge in [0.2, 0.25) is 0 Å². The molecule has 1 unspecified atom stereocenters. The molecule has 1 heterocycles. The van der Waals surface area contributed by atoms with Crippen LogP contribution in [0, 0.1) is 11.8 Å². The molecule has 2 rings (SSSR count). The minimum absolute atomic E-state index is 0.0399. The van der Waals surface area contributed by atoms with Gasteiger partial charge < -0.3 is 9.64 Å². The predicted molar refractivity (Wildman–Crippen MR) is 68.3 cm³/mol. The number of hydrogen-bond acceptors (Lipinski definition) is 3. The number of rotatable bonds is 3. The highest BCUT2D eigenvalue weighted by atomic mass is 16.6. The van der Waals surface area contributed by atoms with Gasteiger partial charge in [-0.1, -0.05) is 0 Å². The minimum Gasteiger partial charge on any atom is -0.444 e. The van der Waals surface area contributed by atoms with Crippen molar-refractivity contribution in [1.82, 2.24) is 4.90 Å². The monoisotopic (exact) mass is 253 g/mol. The lowest BCUT2D eigenvalue weighted by atomic mass is 9.99. The highest BCUT2D eigenvalue weighted by molar-refractivity contribution is 5.83. The number of nitrogens with zero attached hydrogens (tertiary/aromatic N) is 1. The van der Waals surface area contributed by atoms with Gasteiger partial charge in [0.1, 0.15) is 11.4 Å². The summed E-state index contributed by atoms with van der Waals surface area (Å²) < 4.78 is 5.32. The first kappa shape index (κ1) is 13.4. The van der Waals surface area contributed by atoms with E-state index < -0.39 is 5.60 Å². The van der Waals surface area contributed by atoms with Crippen molar-refractivity contribution in [2.24, 2.45) is 11.8 Å². The molecule has 0 radical (unpaired) electrons. The van der Waals surface area contributed by atoms with Crippen LogP contribution < -0.4 is 0 Å². The van der Waals surface area contributed by atoms with E-state index in [9.17, 15) is 9.59 Å². The van der Waals surface area contributed by atoms with E-state index >= 15 is 0 Å². The number of likely N-dealkylation sites (tertiary alicyclic amines) is 1. The summed E-state index contributed by atoms with van der Waals surface area (Å²) in [6.07, 6.45) is 3.63. The Balaban J connectivity index is 1.80. The number of Topliss-reactive ketones (excluding diaryl/α,β-unsaturated/α-hetero) is 1. The summed E-state index contributed by atoms with van der Waals surface area (Å²) in [5.41, 5.74) is -0.465. The number of ketones is 1. The molecule has 1 atom stereocenters. The van der Waals surface area contributed by atoms with Crippen molar-refractivity contribution in [3.05, 3.63) is 0 Å². The standard InChI is InChI=1S/C14H23NO3/c1-14(2,3)18-13(17)15-7-6-11(9-15)12(16)8-10-4-5-10/h10-11H,4-9H2,1-3H3. The average molecular weight is 253 g/mol. The lowest BCUT2D eigenvalue weighted by Crippen LogP contribution is -2.35. The largest absolute Gasteiger partial charge is 0.444 e. The molecule has 4 heteroatoms. The molecule has 0 N–H and O–H groups in total. The predicted octanol–water partition coefficient (Wildman–Crippen LogP) is 2.61. The molecule has 18 heavy (non-hydrogen) atoms. The topological polar surface area (TPSA) is 46.6 Å². The Morgan fingerprint density at radius 1 is 1.22 bits per heavy atom. The van der Waals surface area contributed by atoms with Gasteiger partial charge in [0.05, 0.1) is 0 Å². The van der Waals surface area contributed by atoms with Crippen molar-refractivity contribution < 1.29 is 14.3 Å². The molecular formula is C14H23NO3. The smallest absolute Gasteiger partial charge is 0.410 e. The zero-order valence-electron chi connectivity index (χ0n) is 11.6. The van der Waals surface area contributed by atoms with Gasteiger partial charge in [0.25, 0.3) is 0 Å². The van der Waals surface area contributed by atoms with E-state index in [1.807, 2.05) is 20.8 Å². The highest BCUT2D eigenvalue weighted by Gasteiger charge is 2.35. The maximum Gasteiger partial charge on any atom is 0.410 e. The minimum atomic E-state index is -0.465. The van der Waals surface area contributed by atoms with Crippen LogP contribution in [0.25, 0.3) is 0 Å². The van der Waals surface area contributed by atoms with Crippen LogP contribution in [-0.4, -0.2) is 35.5 Å². The van der Waals surface area contributed by atoms with E-state index in [0.29, 0.717) is 31.2 Å². The first-order valence-corrected chi connectivity index (χ1v) is 6.86. The molecule has 1 aliphatic heterocycles. The highest BCUT2D eigenvalue weighted by Crippen LogP contribution is 2.34. The van der Waals surface area contributed by atoms with Gasteiger partial charge in [-0.25, -0.2) is 4.79 Å². The van der Waals surface area contributed by atoms with E-state index in [2.05, 4.69) is 0 Å². The first-order chi connectivity index (χ1) is 8.35. The molecule has 0 aromatic rings. The molecule has 102 valence electrons. The molecule has 1 saturated carbocycles. The molecule has 1 aliphatic carbocycles. The number of hydrogen-bond donors (Lipinski definition) is 0. The fraction of sp³-hybridized carbons (Fsp3) is 0.857. The summed E-state index contributed by atoms with van der Waals surface area (Å²) >= 11 is 0. The van der Waals surface area contributed by atoms with E-state index in [1.54, 1.807) is 4.90 Å². The van der Waals surface area contributed by atoms with Crippen molar-refractivity contribution >= 4 is 11.9 Å². The molecule has 1 amide bonds. The Hall–Kier alpha value is -1.06. The van der Waals surface area contributed by atoms with Gasteiger partial charge in [0, 0.05) is 25.4 Å². The van der Waals surface area contributed by atoms with Crippen LogP contribution in [-0.2, 0) is 9.53 Å². The van der Waals surface area contributed by atoms with Crippen LogP contribution in [0.1, 0.15) is 46.5 Å². The number of carbonyl (C=O) groups excluding carboxylic acids is 2. The van der Waals surface area contributed by atoms with Gasteiger partial charge in [-0.15, -0.1) is 0 Å².